The number of guanidine groups is 1. The van der Waals surface area contributed by atoms with Crippen LogP contribution in [-0.2, 0) is 16.0 Å². The molecule has 4 rings (SSSR count). The molecule has 9 heteroatoms. The Balaban J connectivity index is 1.55. The molecule has 0 aliphatic carbocycles. The summed E-state index contributed by atoms with van der Waals surface area (Å²) in [5.41, 5.74) is 2.16. The molecule has 1 aliphatic heterocycles. The molecule has 0 fully saturated rings. The van der Waals surface area contributed by atoms with Crippen LogP contribution in [0.5, 0.6) is 0 Å². The first-order chi connectivity index (χ1) is 17.0. The summed E-state index contributed by atoms with van der Waals surface area (Å²) in [5.74, 6) is -0.749. The van der Waals surface area contributed by atoms with Gasteiger partial charge in [0.1, 0.15) is 0 Å². The molecule has 0 saturated carbocycles. The van der Waals surface area contributed by atoms with Gasteiger partial charge in [-0.2, -0.15) is 0 Å². The minimum atomic E-state index is -1.72. The highest BCUT2D eigenvalue weighted by Gasteiger charge is 2.31. The lowest BCUT2D eigenvalue weighted by atomic mass is 10.1. The van der Waals surface area contributed by atoms with E-state index in [-0.39, 0.29) is 12.3 Å². The zero-order valence-corrected chi connectivity index (χ0v) is 19.8. The highest BCUT2D eigenvalue weighted by molar-refractivity contribution is 7.91. The number of carboxylic acids is 1. The lowest BCUT2D eigenvalue weighted by Gasteiger charge is -2.22. The molecule has 0 bridgehead atoms. The molecule has 2 unspecified atom stereocenters. The van der Waals surface area contributed by atoms with E-state index in [2.05, 4.69) is 20.9 Å². The molecule has 0 saturated heterocycles. The highest BCUT2D eigenvalue weighted by Crippen LogP contribution is 2.35. The maximum atomic E-state index is 13.6. The van der Waals surface area contributed by atoms with Crippen molar-refractivity contribution in [3.8, 4) is 0 Å². The number of carbonyl (C=O) groups is 2. The lowest BCUT2D eigenvalue weighted by Crippen LogP contribution is -2.35. The van der Waals surface area contributed by atoms with Crippen LogP contribution in [0.4, 0.5) is 11.4 Å². The first kappa shape index (κ1) is 24.3. The molecule has 35 heavy (non-hydrogen) atoms. The average molecular weight is 491 g/mol. The number of nitrogens with one attached hydrogen (secondary N) is 3. The predicted octanol–water partition coefficient (Wildman–Crippen LogP) is 4.02. The fraction of sp³-hybridized carbons (Fsp3) is 0.192. The number of hydrogen-bond acceptors (Lipinski definition) is 6. The largest absolute Gasteiger partial charge is 0.611 e. The minimum Gasteiger partial charge on any atom is -0.611 e. The van der Waals surface area contributed by atoms with Crippen molar-refractivity contribution in [1.29, 1.82) is 0 Å². The van der Waals surface area contributed by atoms with Gasteiger partial charge >= 0.3 is 5.97 Å². The fourth-order valence-corrected chi connectivity index (χ4v) is 5.28. The monoisotopic (exact) mass is 490 g/mol. The van der Waals surface area contributed by atoms with Crippen LogP contribution in [0.3, 0.4) is 0 Å². The van der Waals surface area contributed by atoms with E-state index < -0.39 is 22.4 Å². The van der Waals surface area contributed by atoms with E-state index in [1.54, 1.807) is 66.7 Å². The van der Waals surface area contributed by atoms with Gasteiger partial charge in [-0.05, 0) is 47.9 Å². The van der Waals surface area contributed by atoms with E-state index in [4.69, 9.17) is 0 Å². The molecule has 3 aromatic carbocycles. The maximum Gasteiger partial charge on any atom is 0.308 e. The van der Waals surface area contributed by atoms with Gasteiger partial charge in [-0.3, -0.25) is 14.6 Å². The summed E-state index contributed by atoms with van der Waals surface area (Å²) in [6.07, 6.45) is 0.677. The van der Waals surface area contributed by atoms with Crippen LogP contribution in [0.15, 0.2) is 88.8 Å². The van der Waals surface area contributed by atoms with Crippen molar-refractivity contribution in [1.82, 2.24) is 5.32 Å². The molecule has 2 atom stereocenters. The molecule has 1 heterocycles. The van der Waals surface area contributed by atoms with E-state index in [9.17, 15) is 19.2 Å². The number of aliphatic carboxylic acids is 1. The van der Waals surface area contributed by atoms with Crippen molar-refractivity contribution in [2.24, 2.45) is 4.99 Å². The van der Waals surface area contributed by atoms with Gasteiger partial charge in [0.15, 0.2) is 16.1 Å². The van der Waals surface area contributed by atoms with Gasteiger partial charge in [0.25, 0.3) is 5.91 Å². The Hall–Kier alpha value is -3.82. The van der Waals surface area contributed by atoms with E-state index in [1.165, 1.54) is 0 Å². The Bertz CT molecular complexity index is 1220. The standard InChI is InChI=1S/C26H26N4O4S/c31-24(32)17-23(18-8-2-1-3-9-18)35(34)22-13-5-4-12-21(22)30-25(33)19-10-6-11-20(16-19)29-26-27-14-7-15-28-26/h1-6,8-13,16,23H,7,14-15,17H2,(H,30,33)(H,31,32)(H2,27,28,29). The number of amides is 1. The van der Waals surface area contributed by atoms with Crippen LogP contribution in [0.25, 0.3) is 0 Å². The first-order valence-electron chi connectivity index (χ1n) is 11.2. The maximum absolute atomic E-state index is 13.6. The van der Waals surface area contributed by atoms with Crippen molar-refractivity contribution in [3.05, 3.63) is 90.0 Å². The predicted molar refractivity (Wildman–Crippen MR) is 137 cm³/mol. The Morgan fingerprint density at radius 1 is 1.06 bits per heavy atom. The normalized spacial score (nSPS) is 14.7. The molecule has 4 N–H and O–H groups in total. The quantitative estimate of drug-likeness (QED) is 0.353. The highest BCUT2D eigenvalue weighted by atomic mass is 32.2. The summed E-state index contributed by atoms with van der Waals surface area (Å²) in [6.45, 7) is 1.58. The molecule has 8 nitrogen and oxygen atoms in total. The number of carboxylic acid groups (broad SMARTS) is 1. The van der Waals surface area contributed by atoms with Crippen molar-refractivity contribution < 1.29 is 19.2 Å². The van der Waals surface area contributed by atoms with Gasteiger partial charge in [-0.25, -0.2) is 0 Å². The third kappa shape index (κ3) is 6.40. The zero-order valence-electron chi connectivity index (χ0n) is 18.9. The Kier molecular flexibility index (Phi) is 8.02. The summed E-state index contributed by atoms with van der Waals surface area (Å²) in [7, 11) is 0. The SMILES string of the molecule is O=C(O)CC(c1ccccc1)[S+]([O-])c1ccccc1NC(=O)c1cccc(NC2=NCCCN2)c1. The first-order valence-corrected chi connectivity index (χ1v) is 12.5. The van der Waals surface area contributed by atoms with E-state index in [0.29, 0.717) is 33.4 Å². The summed E-state index contributed by atoms with van der Waals surface area (Å²) >= 11 is -1.72. The van der Waals surface area contributed by atoms with Crippen LogP contribution >= 0.6 is 0 Å². The van der Waals surface area contributed by atoms with Gasteiger partial charge in [0.05, 0.1) is 12.1 Å². The van der Waals surface area contributed by atoms with Gasteiger partial charge in [-0.15, -0.1) is 0 Å². The number of carbonyl (C=O) groups excluding carboxylic acids is 1. The molecular formula is C26H26N4O4S. The number of benzene rings is 3. The van der Waals surface area contributed by atoms with Crippen LogP contribution in [-0.4, -0.2) is 40.6 Å². The van der Waals surface area contributed by atoms with Gasteiger partial charge in [-0.1, -0.05) is 48.5 Å². The molecule has 0 radical (unpaired) electrons. The molecule has 3 aromatic rings. The number of aliphatic imine (C=N–C) groups is 1. The molecule has 0 spiro atoms. The van der Waals surface area contributed by atoms with Crippen molar-refractivity contribution in [3.63, 3.8) is 0 Å². The molecule has 1 amide bonds. The van der Waals surface area contributed by atoms with Crippen LogP contribution in [0.1, 0.15) is 34.0 Å². The van der Waals surface area contributed by atoms with Crippen molar-refractivity contribution in [2.75, 3.05) is 23.7 Å². The zero-order chi connectivity index (χ0) is 24.6. The summed E-state index contributed by atoms with van der Waals surface area (Å²) < 4.78 is 13.6. The Labute approximate surface area is 206 Å². The summed E-state index contributed by atoms with van der Waals surface area (Å²) in [4.78, 5) is 29.3. The van der Waals surface area contributed by atoms with Crippen LogP contribution in [0, 0.1) is 0 Å². The average Bonchev–Trinajstić information content (AvgIpc) is 2.88. The van der Waals surface area contributed by atoms with Crippen molar-refractivity contribution >= 4 is 40.4 Å². The van der Waals surface area contributed by atoms with E-state index in [1.807, 2.05) is 12.1 Å². The van der Waals surface area contributed by atoms with Gasteiger partial charge in [0.2, 0.25) is 0 Å². The Morgan fingerprint density at radius 3 is 2.57 bits per heavy atom. The number of hydrogen-bond donors (Lipinski definition) is 4. The number of para-hydroxylation sites is 1. The molecular weight excluding hydrogens is 464 g/mol. The third-order valence-electron chi connectivity index (χ3n) is 5.43. The third-order valence-corrected chi connectivity index (χ3v) is 7.17. The van der Waals surface area contributed by atoms with Crippen molar-refractivity contribution in [2.45, 2.75) is 23.0 Å². The number of anilines is 2. The number of nitrogens with zero attached hydrogens (tertiary/aromatic N) is 1. The summed E-state index contributed by atoms with van der Waals surface area (Å²) in [5, 5.41) is 17.9. The minimum absolute atomic E-state index is 0.301. The molecule has 1 aliphatic rings. The topological polar surface area (TPSA) is 126 Å². The molecule has 0 aromatic heterocycles. The second-order valence-electron chi connectivity index (χ2n) is 7.96. The fourth-order valence-electron chi connectivity index (χ4n) is 3.73. The smallest absolute Gasteiger partial charge is 0.308 e. The lowest BCUT2D eigenvalue weighted by molar-refractivity contribution is -0.137. The van der Waals surface area contributed by atoms with E-state index in [0.717, 1.165) is 19.5 Å². The van der Waals surface area contributed by atoms with Crippen LogP contribution in [0.2, 0.25) is 0 Å². The van der Waals surface area contributed by atoms with Crippen LogP contribution < -0.4 is 16.0 Å². The second-order valence-corrected chi connectivity index (χ2v) is 9.57. The van der Waals surface area contributed by atoms with Gasteiger partial charge < -0.3 is 25.6 Å². The summed E-state index contributed by atoms with van der Waals surface area (Å²) in [6, 6.07) is 22.7. The van der Waals surface area contributed by atoms with E-state index >= 15 is 0 Å². The number of rotatable bonds is 8. The van der Waals surface area contributed by atoms with Gasteiger partial charge in [0, 0.05) is 29.9 Å². The molecule has 180 valence electrons. The second kappa shape index (κ2) is 11.5. The Morgan fingerprint density at radius 2 is 1.83 bits per heavy atom.